The number of aromatic hydroxyl groups is 1. The van der Waals surface area contributed by atoms with E-state index in [2.05, 4.69) is 11.7 Å². The third-order valence-electron chi connectivity index (χ3n) is 2.54. The molecule has 0 saturated heterocycles. The Bertz CT molecular complexity index is 710. The van der Waals surface area contributed by atoms with E-state index in [1.54, 1.807) is 12.1 Å². The smallest absolute Gasteiger partial charge is 0.177 e. The fourth-order valence-electron chi connectivity index (χ4n) is 1.82. The van der Waals surface area contributed by atoms with Gasteiger partial charge in [0.1, 0.15) is 0 Å². The molecule has 0 aliphatic carbocycles. The Morgan fingerprint density at radius 1 is 1.47 bits per heavy atom. The van der Waals surface area contributed by atoms with E-state index in [4.69, 9.17) is 4.42 Å². The van der Waals surface area contributed by atoms with E-state index in [0.717, 1.165) is 11.5 Å². The van der Waals surface area contributed by atoms with Gasteiger partial charge in [-0.05, 0) is 25.8 Å². The lowest BCUT2D eigenvalue weighted by molar-refractivity contribution is 0.112. The number of phenolic OH excluding ortho intramolecular Hbond substituents is 1. The van der Waals surface area contributed by atoms with Crippen molar-refractivity contribution < 1.29 is 14.3 Å². The van der Waals surface area contributed by atoms with Crippen LogP contribution in [0.25, 0.3) is 23.2 Å². The van der Waals surface area contributed by atoms with Gasteiger partial charge >= 0.3 is 0 Å². The number of aliphatic imine (C=N–C) groups is 1. The van der Waals surface area contributed by atoms with E-state index in [9.17, 15) is 9.90 Å². The Labute approximate surface area is 97.2 Å². The van der Waals surface area contributed by atoms with Crippen LogP contribution in [0.1, 0.15) is 17.3 Å². The summed E-state index contributed by atoms with van der Waals surface area (Å²) in [5.74, 6) is -0.00240. The lowest BCUT2D eigenvalue weighted by atomic mass is 10.1. The lowest BCUT2D eigenvalue weighted by Gasteiger charge is -1.95. The van der Waals surface area contributed by atoms with Crippen LogP contribution in [0.5, 0.6) is 5.75 Å². The first kappa shape index (κ1) is 11.1. The summed E-state index contributed by atoms with van der Waals surface area (Å²) in [7, 11) is 0. The van der Waals surface area contributed by atoms with Crippen LogP contribution in [0.2, 0.25) is 0 Å². The molecule has 0 aliphatic heterocycles. The van der Waals surface area contributed by atoms with Crippen molar-refractivity contribution in [2.75, 3.05) is 0 Å². The molecule has 1 heterocycles. The zero-order chi connectivity index (χ0) is 12.4. The average molecular weight is 229 g/mol. The fourth-order valence-corrected chi connectivity index (χ4v) is 1.82. The maximum atomic E-state index is 11.0. The van der Waals surface area contributed by atoms with Crippen molar-refractivity contribution in [3.8, 4) is 5.75 Å². The summed E-state index contributed by atoms with van der Waals surface area (Å²) in [6.07, 6.45) is 3.98. The van der Waals surface area contributed by atoms with Crippen LogP contribution < -0.4 is 10.6 Å². The van der Waals surface area contributed by atoms with E-state index in [1.807, 2.05) is 6.92 Å². The number of carbonyl (C=O) groups excluding carboxylic acids is 1. The van der Waals surface area contributed by atoms with Crippen LogP contribution in [0.3, 0.4) is 0 Å². The highest BCUT2D eigenvalue weighted by atomic mass is 16.4. The van der Waals surface area contributed by atoms with Gasteiger partial charge in [-0.25, -0.2) is 0 Å². The Kier molecular flexibility index (Phi) is 2.78. The van der Waals surface area contributed by atoms with Gasteiger partial charge in [-0.15, -0.1) is 0 Å². The zero-order valence-corrected chi connectivity index (χ0v) is 9.30. The number of hydrogen-bond donors (Lipinski definition) is 1. The molecule has 2 aromatic rings. The molecule has 1 aromatic carbocycles. The van der Waals surface area contributed by atoms with Crippen molar-refractivity contribution in [2.45, 2.75) is 6.92 Å². The molecule has 0 fully saturated rings. The highest BCUT2D eigenvalue weighted by molar-refractivity contribution is 5.98. The van der Waals surface area contributed by atoms with Crippen molar-refractivity contribution in [1.29, 1.82) is 0 Å². The standard InChI is InChI=1S/C13H11NO3/c1-3-9-11(6-14-2)17-13-10(16)5-4-8(7-15)12(9)13/h3-7,16H,2H2,1H3. The Morgan fingerprint density at radius 3 is 2.82 bits per heavy atom. The average Bonchev–Trinajstić information content (AvgIpc) is 2.70. The number of nitrogens with zero attached hydrogens (tertiary/aromatic N) is 1. The maximum absolute atomic E-state index is 11.0. The number of fused-ring (bicyclic) bond motifs is 1. The first-order chi connectivity index (χ1) is 8.22. The number of carbonyl (C=O) groups is 1. The summed E-state index contributed by atoms with van der Waals surface area (Å²) in [6, 6.07) is 2.98. The summed E-state index contributed by atoms with van der Waals surface area (Å²) in [6.45, 7) is 5.18. The fraction of sp³-hybridized carbons (Fsp3) is 0.0769. The van der Waals surface area contributed by atoms with Crippen LogP contribution in [0.15, 0.2) is 21.5 Å². The monoisotopic (exact) mass is 229 g/mol. The van der Waals surface area contributed by atoms with Gasteiger partial charge in [-0.1, -0.05) is 6.08 Å². The van der Waals surface area contributed by atoms with Gasteiger partial charge in [0.05, 0.1) is 6.20 Å². The molecule has 0 unspecified atom stereocenters. The number of hydrogen-bond acceptors (Lipinski definition) is 4. The third kappa shape index (κ3) is 1.63. The van der Waals surface area contributed by atoms with Crippen LogP contribution >= 0.6 is 0 Å². The van der Waals surface area contributed by atoms with Crippen LogP contribution in [0, 0.1) is 0 Å². The van der Waals surface area contributed by atoms with Crippen molar-refractivity contribution in [3.05, 3.63) is 28.3 Å². The van der Waals surface area contributed by atoms with Crippen LogP contribution in [-0.4, -0.2) is 18.1 Å². The quantitative estimate of drug-likeness (QED) is 0.621. The van der Waals surface area contributed by atoms with Crippen molar-refractivity contribution in [1.82, 2.24) is 0 Å². The summed E-state index contributed by atoms with van der Waals surface area (Å²) in [5.41, 5.74) is 1.23. The topological polar surface area (TPSA) is 62.8 Å². The molecule has 86 valence electrons. The van der Waals surface area contributed by atoms with Gasteiger partial charge in [0.15, 0.2) is 23.0 Å². The number of furan rings is 1. The largest absolute Gasteiger partial charge is 0.504 e. The molecule has 17 heavy (non-hydrogen) atoms. The molecule has 0 saturated carbocycles. The number of phenols is 1. The molecule has 0 amide bonds. The second-order valence-electron chi connectivity index (χ2n) is 3.48. The minimum absolute atomic E-state index is 0.00240. The first-order valence-electron chi connectivity index (χ1n) is 5.05. The minimum Gasteiger partial charge on any atom is -0.504 e. The van der Waals surface area contributed by atoms with E-state index in [0.29, 0.717) is 16.4 Å². The molecular weight excluding hydrogens is 218 g/mol. The Balaban J connectivity index is 3.13. The van der Waals surface area contributed by atoms with E-state index < -0.39 is 0 Å². The normalized spacial score (nSPS) is 13.2. The highest BCUT2D eigenvalue weighted by Gasteiger charge is 2.11. The van der Waals surface area contributed by atoms with Gasteiger partial charge < -0.3 is 9.52 Å². The molecule has 4 nitrogen and oxygen atoms in total. The van der Waals surface area contributed by atoms with Crippen LogP contribution in [-0.2, 0) is 0 Å². The second-order valence-corrected chi connectivity index (χ2v) is 3.48. The maximum Gasteiger partial charge on any atom is 0.177 e. The predicted molar refractivity (Wildman–Crippen MR) is 66.7 cm³/mol. The SMILES string of the molecule is C=NC=c1oc2c(O)ccc(C=O)c2c1=CC. The minimum atomic E-state index is -0.00240. The van der Waals surface area contributed by atoms with Gasteiger partial charge in [-0.3, -0.25) is 9.79 Å². The van der Waals surface area contributed by atoms with Gasteiger partial charge in [0.25, 0.3) is 0 Å². The molecular formula is C13H11NO3. The number of aldehydes is 1. The zero-order valence-electron chi connectivity index (χ0n) is 9.30. The summed E-state index contributed by atoms with van der Waals surface area (Å²) in [4.78, 5) is 14.6. The number of benzene rings is 1. The van der Waals surface area contributed by atoms with Crippen molar-refractivity contribution >= 4 is 36.2 Å². The summed E-state index contributed by atoms with van der Waals surface area (Å²) >= 11 is 0. The van der Waals surface area contributed by atoms with Crippen molar-refractivity contribution in [2.24, 2.45) is 4.99 Å². The van der Waals surface area contributed by atoms with Crippen molar-refractivity contribution in [3.63, 3.8) is 0 Å². The van der Waals surface area contributed by atoms with E-state index in [-0.39, 0.29) is 11.3 Å². The van der Waals surface area contributed by atoms with Gasteiger partial charge in [-0.2, -0.15) is 0 Å². The molecule has 0 bridgehead atoms. The molecule has 0 aliphatic rings. The molecule has 1 N–H and O–H groups in total. The number of rotatable bonds is 2. The third-order valence-corrected chi connectivity index (χ3v) is 2.54. The highest BCUT2D eigenvalue weighted by Crippen LogP contribution is 2.23. The molecule has 0 spiro atoms. The van der Waals surface area contributed by atoms with E-state index in [1.165, 1.54) is 12.3 Å². The Hall–Kier alpha value is -2.36. The van der Waals surface area contributed by atoms with Crippen LogP contribution in [0.4, 0.5) is 0 Å². The molecule has 1 aromatic heterocycles. The summed E-state index contributed by atoms with van der Waals surface area (Å²) in [5, 5.41) is 11.0. The Morgan fingerprint density at radius 2 is 2.24 bits per heavy atom. The van der Waals surface area contributed by atoms with Gasteiger partial charge in [0.2, 0.25) is 0 Å². The first-order valence-corrected chi connectivity index (χ1v) is 5.05. The lowest BCUT2D eigenvalue weighted by Crippen LogP contribution is -2.19. The molecule has 2 rings (SSSR count). The second kappa shape index (κ2) is 4.25. The molecule has 0 atom stereocenters. The molecule has 4 heteroatoms. The van der Waals surface area contributed by atoms with Gasteiger partial charge in [0, 0.05) is 16.2 Å². The van der Waals surface area contributed by atoms with E-state index >= 15 is 0 Å². The summed E-state index contributed by atoms with van der Waals surface area (Å²) < 4.78 is 5.47. The predicted octanol–water partition coefficient (Wildman–Crippen LogP) is 1.19. The molecule has 0 radical (unpaired) electrons.